The highest BCUT2D eigenvalue weighted by Crippen LogP contribution is 2.31. The highest BCUT2D eigenvalue weighted by molar-refractivity contribution is 5.88. The number of unbranched alkanes of at least 4 members (excludes halogenated alkanes) is 3. The van der Waals surface area contributed by atoms with Crippen LogP contribution in [0.15, 0.2) is 48.5 Å². The minimum Gasteiger partial charge on any atom is -0.508 e. The molecule has 5 nitrogen and oxygen atoms in total. The number of aryl methyl sites for hydroxylation is 1. The van der Waals surface area contributed by atoms with E-state index in [9.17, 15) is 9.90 Å². The zero-order chi connectivity index (χ0) is 26.0. The van der Waals surface area contributed by atoms with Gasteiger partial charge in [-0.3, -0.25) is 4.79 Å². The third-order valence-electron chi connectivity index (χ3n) is 6.88. The lowest BCUT2D eigenvalue weighted by Crippen LogP contribution is -2.16. The summed E-state index contributed by atoms with van der Waals surface area (Å²) in [5.41, 5.74) is 2.80. The summed E-state index contributed by atoms with van der Waals surface area (Å²) in [4.78, 5) is 12.9. The molecule has 2 aliphatic rings. The number of hydrogen-bond donors (Lipinski definition) is 1. The molecule has 1 N–H and O–H groups in total. The normalized spacial score (nSPS) is 16.2. The summed E-state index contributed by atoms with van der Waals surface area (Å²) in [7, 11) is 1.62. The quantitative estimate of drug-likeness (QED) is 0.295. The lowest BCUT2D eigenvalue weighted by atomic mass is 9.99. The number of phenols is 1. The summed E-state index contributed by atoms with van der Waals surface area (Å²) in [5.74, 6) is 4.76. The van der Waals surface area contributed by atoms with Crippen molar-refractivity contribution in [3.8, 4) is 29.3 Å². The molecule has 3 aromatic rings. The van der Waals surface area contributed by atoms with E-state index in [1.54, 1.807) is 13.2 Å². The monoisotopic (exact) mass is 500 g/mol. The summed E-state index contributed by atoms with van der Waals surface area (Å²) < 4.78 is 17.6. The van der Waals surface area contributed by atoms with E-state index in [2.05, 4.69) is 25.0 Å². The number of carbonyl (C=O) groups is 1. The summed E-state index contributed by atoms with van der Waals surface area (Å²) in [5, 5.41) is 12.5. The van der Waals surface area contributed by atoms with E-state index in [0.29, 0.717) is 43.8 Å². The lowest BCUT2D eigenvalue weighted by Gasteiger charge is -2.15. The van der Waals surface area contributed by atoms with E-state index in [0.717, 1.165) is 53.1 Å². The minimum atomic E-state index is -0.225. The SMILES string of the molecule is CCCCCCC1CC(=O)CCc2ccc(OC)c(c2)OCc2ccc3c(c(O)ccc3c2)CC#CO1. The molecular formula is C32H36O5. The first-order chi connectivity index (χ1) is 18.1. The maximum absolute atomic E-state index is 12.9. The first-order valence-electron chi connectivity index (χ1n) is 13.3. The first-order valence-corrected chi connectivity index (χ1v) is 13.3. The molecule has 0 aliphatic carbocycles. The van der Waals surface area contributed by atoms with E-state index >= 15 is 0 Å². The van der Waals surface area contributed by atoms with E-state index < -0.39 is 0 Å². The van der Waals surface area contributed by atoms with Gasteiger partial charge in [-0.1, -0.05) is 56.4 Å². The molecule has 0 spiro atoms. The molecule has 1 atom stereocenters. The average Bonchev–Trinajstić information content (AvgIpc) is 2.91. The van der Waals surface area contributed by atoms with Crippen molar-refractivity contribution >= 4 is 16.6 Å². The number of hydrogen-bond acceptors (Lipinski definition) is 5. The van der Waals surface area contributed by atoms with Crippen LogP contribution in [-0.4, -0.2) is 24.1 Å². The van der Waals surface area contributed by atoms with Gasteiger partial charge >= 0.3 is 0 Å². The fraction of sp³-hybridized carbons (Fsp3) is 0.406. The molecule has 1 unspecified atom stereocenters. The predicted molar refractivity (Wildman–Crippen MR) is 146 cm³/mol. The van der Waals surface area contributed by atoms with Gasteiger partial charge in [-0.05, 0) is 65.4 Å². The zero-order valence-electron chi connectivity index (χ0n) is 21.8. The Balaban J connectivity index is 1.64. The molecule has 0 saturated heterocycles. The second-order valence-electron chi connectivity index (χ2n) is 9.68. The molecule has 2 aliphatic heterocycles. The van der Waals surface area contributed by atoms with Crippen LogP contribution in [0, 0.1) is 12.0 Å². The highest BCUT2D eigenvalue weighted by atomic mass is 16.5. The molecule has 0 fully saturated rings. The third kappa shape index (κ3) is 7.20. The summed E-state index contributed by atoms with van der Waals surface area (Å²) in [6.45, 7) is 2.56. The average molecular weight is 501 g/mol. The van der Waals surface area contributed by atoms with Gasteiger partial charge in [0.05, 0.1) is 7.11 Å². The zero-order valence-corrected chi connectivity index (χ0v) is 21.8. The van der Waals surface area contributed by atoms with Gasteiger partial charge in [-0.2, -0.15) is 0 Å². The minimum absolute atomic E-state index is 0.165. The molecule has 37 heavy (non-hydrogen) atoms. The summed E-state index contributed by atoms with van der Waals surface area (Å²) in [6.07, 6.45) is 9.67. The molecule has 3 aromatic carbocycles. The lowest BCUT2D eigenvalue weighted by molar-refractivity contribution is -0.121. The van der Waals surface area contributed by atoms with Crippen molar-refractivity contribution in [2.75, 3.05) is 7.11 Å². The largest absolute Gasteiger partial charge is 0.508 e. The van der Waals surface area contributed by atoms with Crippen LogP contribution in [-0.2, 0) is 29.0 Å². The van der Waals surface area contributed by atoms with E-state index in [-0.39, 0.29) is 17.6 Å². The Bertz CT molecular complexity index is 1280. The van der Waals surface area contributed by atoms with Gasteiger partial charge in [0.1, 0.15) is 30.4 Å². The smallest absolute Gasteiger partial charge is 0.161 e. The third-order valence-corrected chi connectivity index (χ3v) is 6.88. The number of benzene rings is 3. The van der Waals surface area contributed by atoms with Gasteiger partial charge in [0, 0.05) is 24.8 Å². The van der Waals surface area contributed by atoms with Crippen LogP contribution in [0.3, 0.4) is 0 Å². The maximum atomic E-state index is 12.9. The van der Waals surface area contributed by atoms with Crippen LogP contribution in [0.4, 0.5) is 0 Å². The number of ether oxygens (including phenoxy) is 3. The fourth-order valence-electron chi connectivity index (χ4n) is 4.75. The Hall–Kier alpha value is -3.65. The van der Waals surface area contributed by atoms with Crippen molar-refractivity contribution in [2.24, 2.45) is 0 Å². The van der Waals surface area contributed by atoms with E-state index in [1.807, 2.05) is 36.4 Å². The molecule has 5 heteroatoms. The Morgan fingerprint density at radius 2 is 1.89 bits per heavy atom. The molecule has 194 valence electrons. The highest BCUT2D eigenvalue weighted by Gasteiger charge is 2.16. The van der Waals surface area contributed by atoms with Gasteiger partial charge in [-0.15, -0.1) is 0 Å². The Labute approximate surface area is 219 Å². The fourth-order valence-corrected chi connectivity index (χ4v) is 4.75. The number of carbonyl (C=O) groups excluding carboxylic acids is 1. The number of rotatable bonds is 6. The Kier molecular flexibility index (Phi) is 9.32. The number of methoxy groups -OCH3 is 1. The van der Waals surface area contributed by atoms with Crippen molar-refractivity contribution in [3.63, 3.8) is 0 Å². The molecular weight excluding hydrogens is 464 g/mol. The molecule has 0 radical (unpaired) electrons. The standard InChI is InChI=1S/C32H36O5/c1-3-4-5-6-8-27-21-26(33)14-10-23-12-17-31(35-2)32(20-23)37-22-24-11-15-28-25(19-24)13-16-30(34)29(28)9-7-18-36-27/h11-13,15-17,19-20,27,34H,3-6,8-10,14,21-22H2,1-2H3. The second kappa shape index (κ2) is 13.1. The van der Waals surface area contributed by atoms with Crippen molar-refractivity contribution in [2.45, 2.75) is 77.4 Å². The second-order valence-corrected chi connectivity index (χ2v) is 9.68. The molecule has 2 heterocycles. The van der Waals surface area contributed by atoms with Crippen molar-refractivity contribution < 1.29 is 24.1 Å². The number of Topliss-reactive ketones (excluding diaryl/α,β-unsaturated/α-hetero) is 1. The number of aromatic hydroxyl groups is 1. The summed E-state index contributed by atoms with van der Waals surface area (Å²) in [6, 6.07) is 15.5. The first kappa shape index (κ1) is 26.4. The van der Waals surface area contributed by atoms with Crippen molar-refractivity contribution in [3.05, 3.63) is 65.2 Å². The van der Waals surface area contributed by atoms with Crippen LogP contribution in [0.5, 0.6) is 17.2 Å². The van der Waals surface area contributed by atoms with Gasteiger partial charge in [0.15, 0.2) is 11.5 Å². The molecule has 6 bridgehead atoms. The molecule has 5 rings (SSSR count). The van der Waals surface area contributed by atoms with Gasteiger partial charge in [0.25, 0.3) is 0 Å². The maximum Gasteiger partial charge on any atom is 0.161 e. The van der Waals surface area contributed by atoms with E-state index in [4.69, 9.17) is 14.2 Å². The number of ketones is 1. The predicted octanol–water partition coefficient (Wildman–Crippen LogP) is 6.90. The van der Waals surface area contributed by atoms with Crippen LogP contribution in [0.1, 0.15) is 68.6 Å². The number of phenolic OH excluding ortho intramolecular Hbond substituents is 1. The molecule has 0 amide bonds. The summed E-state index contributed by atoms with van der Waals surface area (Å²) >= 11 is 0. The van der Waals surface area contributed by atoms with Crippen LogP contribution in [0.25, 0.3) is 10.8 Å². The molecule has 0 aromatic heterocycles. The van der Waals surface area contributed by atoms with E-state index in [1.165, 1.54) is 6.42 Å². The van der Waals surface area contributed by atoms with Crippen LogP contribution in [0.2, 0.25) is 0 Å². The van der Waals surface area contributed by atoms with Crippen LogP contribution >= 0.6 is 0 Å². The Morgan fingerprint density at radius 1 is 1.03 bits per heavy atom. The van der Waals surface area contributed by atoms with Crippen LogP contribution < -0.4 is 9.47 Å². The Morgan fingerprint density at radius 3 is 2.73 bits per heavy atom. The van der Waals surface area contributed by atoms with Gasteiger partial charge in [-0.25, -0.2) is 0 Å². The van der Waals surface area contributed by atoms with Gasteiger partial charge < -0.3 is 19.3 Å². The molecule has 0 saturated carbocycles. The number of fused-ring (bicyclic) bond motifs is 9. The van der Waals surface area contributed by atoms with Crippen molar-refractivity contribution in [1.82, 2.24) is 0 Å². The topological polar surface area (TPSA) is 65.0 Å². The van der Waals surface area contributed by atoms with Gasteiger partial charge in [0.2, 0.25) is 0 Å². The van der Waals surface area contributed by atoms with Crippen molar-refractivity contribution in [1.29, 1.82) is 0 Å².